The van der Waals surface area contributed by atoms with Crippen molar-refractivity contribution in [2.75, 3.05) is 13.7 Å². The predicted molar refractivity (Wildman–Crippen MR) is 141 cm³/mol. The van der Waals surface area contributed by atoms with E-state index in [4.69, 9.17) is 9.47 Å². The SMILES string of the molecule is CCOC(=O)C1=C(C)N=c2s/c(=C/c3ccc(OC(F)F)c(OC)c3)c(=O)n2[C@H]1c1ccc(C(C)C)cc1. The van der Waals surface area contributed by atoms with Crippen molar-refractivity contribution >= 4 is 23.4 Å². The van der Waals surface area contributed by atoms with E-state index in [1.807, 2.05) is 24.3 Å². The number of halogens is 2. The number of alkyl halides is 2. The molecule has 4 rings (SSSR count). The second kappa shape index (κ2) is 11.3. The van der Waals surface area contributed by atoms with Crippen LogP contribution >= 0.6 is 11.3 Å². The van der Waals surface area contributed by atoms with Gasteiger partial charge in [0.25, 0.3) is 5.56 Å². The molecule has 0 aliphatic carbocycles. The topological polar surface area (TPSA) is 79.1 Å². The van der Waals surface area contributed by atoms with Crippen LogP contribution in [0, 0.1) is 0 Å². The first-order chi connectivity index (χ1) is 18.1. The van der Waals surface area contributed by atoms with Crippen molar-refractivity contribution < 1.29 is 27.8 Å². The minimum Gasteiger partial charge on any atom is -0.493 e. The number of benzene rings is 2. The Bertz CT molecular complexity index is 1560. The molecule has 1 aliphatic heterocycles. The van der Waals surface area contributed by atoms with Crippen LogP contribution < -0.4 is 24.4 Å². The van der Waals surface area contributed by atoms with Gasteiger partial charge in [0.2, 0.25) is 0 Å². The molecule has 1 atom stereocenters. The van der Waals surface area contributed by atoms with Crippen molar-refractivity contribution in [3.63, 3.8) is 0 Å². The number of nitrogens with zero attached hydrogens (tertiary/aromatic N) is 2. The van der Waals surface area contributed by atoms with E-state index in [0.29, 0.717) is 32.1 Å². The highest BCUT2D eigenvalue weighted by Gasteiger charge is 2.33. The normalized spacial score (nSPS) is 15.5. The maximum atomic E-state index is 13.7. The highest BCUT2D eigenvalue weighted by Crippen LogP contribution is 2.32. The first-order valence-electron chi connectivity index (χ1n) is 12.1. The molecule has 38 heavy (non-hydrogen) atoms. The van der Waals surface area contributed by atoms with Crippen LogP contribution in [0.1, 0.15) is 56.3 Å². The van der Waals surface area contributed by atoms with Gasteiger partial charge >= 0.3 is 12.6 Å². The van der Waals surface area contributed by atoms with Crippen molar-refractivity contribution in [2.24, 2.45) is 4.99 Å². The summed E-state index contributed by atoms with van der Waals surface area (Å²) in [5.74, 6) is -0.210. The molecule has 0 saturated carbocycles. The highest BCUT2D eigenvalue weighted by molar-refractivity contribution is 7.07. The quantitative estimate of drug-likeness (QED) is 0.391. The smallest absolute Gasteiger partial charge is 0.387 e. The van der Waals surface area contributed by atoms with Gasteiger partial charge in [-0.15, -0.1) is 0 Å². The van der Waals surface area contributed by atoms with E-state index in [2.05, 4.69) is 23.6 Å². The maximum absolute atomic E-state index is 13.7. The lowest BCUT2D eigenvalue weighted by molar-refractivity contribution is -0.139. The maximum Gasteiger partial charge on any atom is 0.387 e. The Morgan fingerprint density at radius 3 is 2.47 bits per heavy atom. The summed E-state index contributed by atoms with van der Waals surface area (Å²) >= 11 is 1.17. The van der Waals surface area contributed by atoms with E-state index >= 15 is 0 Å². The number of aromatic nitrogens is 1. The van der Waals surface area contributed by atoms with E-state index in [1.54, 1.807) is 26.0 Å². The number of allylic oxidation sites excluding steroid dienone is 1. The van der Waals surface area contributed by atoms with Gasteiger partial charge < -0.3 is 14.2 Å². The Kier molecular flexibility index (Phi) is 8.11. The number of thiazole rings is 1. The van der Waals surface area contributed by atoms with Crippen LogP contribution in [0.3, 0.4) is 0 Å². The summed E-state index contributed by atoms with van der Waals surface area (Å²) in [6, 6.07) is 11.5. The van der Waals surface area contributed by atoms with Crippen molar-refractivity contribution in [3.8, 4) is 11.5 Å². The van der Waals surface area contributed by atoms with Gasteiger partial charge in [-0.1, -0.05) is 55.5 Å². The number of carbonyl (C=O) groups is 1. The second-order valence-electron chi connectivity index (χ2n) is 8.91. The summed E-state index contributed by atoms with van der Waals surface area (Å²) in [4.78, 5) is 31.8. The summed E-state index contributed by atoms with van der Waals surface area (Å²) in [7, 11) is 1.34. The number of ether oxygens (including phenoxy) is 3. The van der Waals surface area contributed by atoms with Crippen LogP contribution in [-0.2, 0) is 9.53 Å². The molecule has 0 saturated heterocycles. The summed E-state index contributed by atoms with van der Waals surface area (Å²) in [6.45, 7) is 4.82. The zero-order chi connectivity index (χ0) is 27.6. The number of esters is 1. The van der Waals surface area contributed by atoms with Crippen LogP contribution in [0.4, 0.5) is 8.78 Å². The van der Waals surface area contributed by atoms with E-state index in [-0.39, 0.29) is 23.7 Å². The third kappa shape index (κ3) is 5.40. The number of methoxy groups -OCH3 is 1. The summed E-state index contributed by atoms with van der Waals surface area (Å²) in [5.41, 5.74) is 2.88. The van der Waals surface area contributed by atoms with Crippen LogP contribution in [0.25, 0.3) is 6.08 Å². The van der Waals surface area contributed by atoms with Gasteiger partial charge in [-0.25, -0.2) is 9.79 Å². The average molecular weight is 543 g/mol. The van der Waals surface area contributed by atoms with Crippen molar-refractivity contribution in [1.29, 1.82) is 0 Å². The zero-order valence-corrected chi connectivity index (χ0v) is 22.5. The molecule has 1 aliphatic rings. The largest absolute Gasteiger partial charge is 0.493 e. The van der Waals surface area contributed by atoms with Gasteiger partial charge in [0, 0.05) is 0 Å². The van der Waals surface area contributed by atoms with Gasteiger partial charge in [0.1, 0.15) is 0 Å². The molecular formula is C28H28F2N2O5S. The third-order valence-electron chi connectivity index (χ3n) is 6.14. The minimum absolute atomic E-state index is 0.107. The molecule has 0 N–H and O–H groups in total. The van der Waals surface area contributed by atoms with Crippen molar-refractivity contribution in [3.05, 3.63) is 90.1 Å². The molecule has 0 bridgehead atoms. The number of fused-ring (bicyclic) bond motifs is 1. The number of hydrogen-bond donors (Lipinski definition) is 0. The molecule has 0 amide bonds. The minimum atomic E-state index is -3.00. The monoisotopic (exact) mass is 542 g/mol. The predicted octanol–water partition coefficient (Wildman–Crippen LogP) is 4.53. The number of rotatable bonds is 8. The molecule has 200 valence electrons. The third-order valence-corrected chi connectivity index (χ3v) is 7.12. The van der Waals surface area contributed by atoms with Crippen LogP contribution in [0.2, 0.25) is 0 Å². The molecular weight excluding hydrogens is 514 g/mol. The molecule has 1 aromatic heterocycles. The van der Waals surface area contributed by atoms with Crippen molar-refractivity contribution in [2.45, 2.75) is 46.3 Å². The van der Waals surface area contributed by atoms with Crippen LogP contribution in [0.5, 0.6) is 11.5 Å². The summed E-state index contributed by atoms with van der Waals surface area (Å²) in [6.07, 6.45) is 1.63. The van der Waals surface area contributed by atoms with Crippen LogP contribution in [0.15, 0.2) is 63.5 Å². The van der Waals surface area contributed by atoms with Gasteiger partial charge in [-0.05, 0) is 54.7 Å². The fourth-order valence-corrected chi connectivity index (χ4v) is 5.34. The molecule has 7 nitrogen and oxygen atoms in total. The van der Waals surface area contributed by atoms with Gasteiger partial charge in [-0.3, -0.25) is 9.36 Å². The Balaban J connectivity index is 1.87. The second-order valence-corrected chi connectivity index (χ2v) is 9.92. The van der Waals surface area contributed by atoms with E-state index in [1.165, 1.54) is 35.1 Å². The Labute approximate surface area is 222 Å². The van der Waals surface area contributed by atoms with Gasteiger partial charge in [-0.2, -0.15) is 8.78 Å². The fraction of sp³-hybridized carbons (Fsp3) is 0.321. The Hall–Kier alpha value is -3.79. The molecule has 0 fully saturated rings. The standard InChI is InChI=1S/C28H28F2N2O5S/c1-6-36-26(34)23-16(4)31-28-32(24(23)19-10-8-18(9-11-19)15(2)3)25(33)22(38-28)14-17-7-12-20(37-27(29)30)21(13-17)35-5/h7-15,24,27H,6H2,1-5H3/b22-14+/t24-/m0/s1. The number of hydrogen-bond acceptors (Lipinski definition) is 7. The van der Waals surface area contributed by atoms with E-state index in [0.717, 1.165) is 11.1 Å². The molecule has 10 heteroatoms. The molecule has 2 aromatic carbocycles. The molecule has 0 spiro atoms. The van der Waals surface area contributed by atoms with E-state index in [9.17, 15) is 18.4 Å². The van der Waals surface area contributed by atoms with Crippen molar-refractivity contribution in [1.82, 2.24) is 4.57 Å². The van der Waals surface area contributed by atoms with E-state index < -0.39 is 18.6 Å². The lowest BCUT2D eigenvalue weighted by Crippen LogP contribution is -2.39. The van der Waals surface area contributed by atoms with Crippen LogP contribution in [-0.4, -0.2) is 30.9 Å². The Morgan fingerprint density at radius 1 is 1.16 bits per heavy atom. The fourth-order valence-electron chi connectivity index (χ4n) is 4.29. The van der Waals surface area contributed by atoms with Gasteiger partial charge in [0.05, 0.1) is 35.6 Å². The lowest BCUT2D eigenvalue weighted by atomic mass is 9.93. The summed E-state index contributed by atoms with van der Waals surface area (Å²) in [5, 5.41) is 0. The summed E-state index contributed by atoms with van der Waals surface area (Å²) < 4.78 is 42.3. The first kappa shape index (κ1) is 27.3. The average Bonchev–Trinajstić information content (AvgIpc) is 3.18. The lowest BCUT2D eigenvalue weighted by Gasteiger charge is -2.25. The first-order valence-corrected chi connectivity index (χ1v) is 12.9. The Morgan fingerprint density at radius 2 is 1.87 bits per heavy atom. The van der Waals surface area contributed by atoms with Gasteiger partial charge in [0.15, 0.2) is 16.3 Å². The molecule has 3 aromatic rings. The molecule has 2 heterocycles. The molecule has 0 unspecified atom stereocenters. The highest BCUT2D eigenvalue weighted by atomic mass is 32.1. The number of carbonyl (C=O) groups excluding carboxylic acids is 1. The zero-order valence-electron chi connectivity index (χ0n) is 21.7. The molecule has 0 radical (unpaired) electrons.